The highest BCUT2D eigenvalue weighted by Crippen LogP contribution is 2.41. The number of ether oxygens (including phenoxy) is 1. The van der Waals surface area contributed by atoms with Crippen molar-refractivity contribution in [3.8, 4) is 5.75 Å². The number of anilines is 5. The van der Waals surface area contributed by atoms with Crippen LogP contribution in [0.1, 0.15) is 43.4 Å². The molecule has 1 fully saturated rings. The van der Waals surface area contributed by atoms with E-state index in [1.807, 2.05) is 18.2 Å². The van der Waals surface area contributed by atoms with Gasteiger partial charge in [-0.05, 0) is 70.1 Å². The number of benzene rings is 2. The van der Waals surface area contributed by atoms with Gasteiger partial charge in [-0.15, -0.1) is 0 Å². The number of carbonyl (C=O) groups is 1. The summed E-state index contributed by atoms with van der Waals surface area (Å²) in [6.45, 7) is 5.44. The number of carbonyl (C=O) groups excluding carboxylic acids is 1. The average molecular weight is 584 g/mol. The van der Waals surface area contributed by atoms with Crippen LogP contribution in [0.4, 0.5) is 42.0 Å². The minimum absolute atomic E-state index is 0.0150. The van der Waals surface area contributed by atoms with Crippen LogP contribution in [0.25, 0.3) is 0 Å². The quantitative estimate of drug-likeness (QED) is 0.315. The second-order valence-corrected chi connectivity index (χ2v) is 11.4. The Balaban J connectivity index is 1.37. The molecule has 1 amide bonds. The predicted octanol–water partition coefficient (Wildman–Crippen LogP) is 5.62. The molecule has 2 aliphatic heterocycles. The van der Waals surface area contributed by atoms with Crippen LogP contribution in [0.15, 0.2) is 42.6 Å². The highest BCUT2D eigenvalue weighted by atomic mass is 19.4. The van der Waals surface area contributed by atoms with E-state index in [9.17, 15) is 18.0 Å². The van der Waals surface area contributed by atoms with Crippen LogP contribution in [-0.2, 0) is 22.9 Å². The van der Waals surface area contributed by atoms with Crippen molar-refractivity contribution in [1.82, 2.24) is 14.9 Å². The molecule has 0 aliphatic carbocycles. The first-order valence-electron chi connectivity index (χ1n) is 13.9. The fraction of sp³-hybridized carbons (Fsp3) is 0.433. The third-order valence-corrected chi connectivity index (χ3v) is 8.12. The molecule has 0 unspecified atom stereocenters. The van der Waals surface area contributed by atoms with Crippen LogP contribution in [0.5, 0.6) is 5.75 Å². The van der Waals surface area contributed by atoms with E-state index in [2.05, 4.69) is 49.8 Å². The molecule has 2 aromatic carbocycles. The summed E-state index contributed by atoms with van der Waals surface area (Å²) >= 11 is 0. The van der Waals surface area contributed by atoms with E-state index < -0.39 is 17.2 Å². The smallest absolute Gasteiger partial charge is 0.421 e. The standard InChI is InChI=1S/C30H36F3N7O2/c1-29(2)25-18(7-6-8-23(25)36-27(29)41)16-34-26-21(30(31,32)33)17-35-28(38-26)37-22-10-9-20(15-24(22)42-5)40-13-11-19(12-14-40)39(3)4/h6-10,15,17,19H,11-14,16H2,1-5H3,(H,36,41)(H2,34,35,37,38). The van der Waals surface area contributed by atoms with E-state index in [0.29, 0.717) is 28.7 Å². The van der Waals surface area contributed by atoms with Crippen LogP contribution >= 0.6 is 0 Å². The van der Waals surface area contributed by atoms with Gasteiger partial charge in [-0.25, -0.2) is 4.98 Å². The van der Waals surface area contributed by atoms with Crippen molar-refractivity contribution in [2.24, 2.45) is 0 Å². The summed E-state index contributed by atoms with van der Waals surface area (Å²) in [6, 6.07) is 11.6. The Morgan fingerprint density at radius 1 is 1.17 bits per heavy atom. The van der Waals surface area contributed by atoms with Crippen molar-refractivity contribution in [2.45, 2.75) is 50.9 Å². The molecule has 0 saturated carbocycles. The molecule has 3 N–H and O–H groups in total. The number of hydrogen-bond acceptors (Lipinski definition) is 8. The molecule has 3 heterocycles. The second kappa shape index (κ2) is 11.3. The van der Waals surface area contributed by atoms with E-state index in [1.165, 1.54) is 0 Å². The number of methoxy groups -OCH3 is 1. The maximum Gasteiger partial charge on any atom is 0.421 e. The van der Waals surface area contributed by atoms with Gasteiger partial charge in [-0.2, -0.15) is 18.2 Å². The van der Waals surface area contributed by atoms with Gasteiger partial charge in [0.1, 0.15) is 17.1 Å². The van der Waals surface area contributed by atoms with E-state index in [4.69, 9.17) is 4.74 Å². The molecule has 0 spiro atoms. The Hall–Kier alpha value is -4.06. The molecule has 1 aromatic heterocycles. The zero-order valence-corrected chi connectivity index (χ0v) is 24.4. The van der Waals surface area contributed by atoms with E-state index in [0.717, 1.165) is 43.4 Å². The van der Waals surface area contributed by atoms with Crippen molar-refractivity contribution < 1.29 is 22.7 Å². The fourth-order valence-corrected chi connectivity index (χ4v) is 5.69. The van der Waals surface area contributed by atoms with Gasteiger partial charge in [0.15, 0.2) is 0 Å². The van der Waals surface area contributed by atoms with Gasteiger partial charge in [-0.3, -0.25) is 4.79 Å². The van der Waals surface area contributed by atoms with Crippen molar-refractivity contribution in [1.29, 1.82) is 0 Å². The molecule has 2 aliphatic rings. The van der Waals surface area contributed by atoms with Crippen molar-refractivity contribution in [3.05, 3.63) is 59.3 Å². The average Bonchev–Trinajstić information content (AvgIpc) is 3.19. The van der Waals surface area contributed by atoms with Crippen LogP contribution < -0.4 is 25.6 Å². The lowest BCUT2D eigenvalue weighted by Gasteiger charge is -2.36. The Bertz CT molecular complexity index is 1470. The number of piperidine rings is 1. The number of nitrogens with one attached hydrogen (secondary N) is 3. The minimum atomic E-state index is -4.67. The number of hydrogen-bond donors (Lipinski definition) is 3. The van der Waals surface area contributed by atoms with Gasteiger partial charge < -0.3 is 30.5 Å². The van der Waals surface area contributed by atoms with E-state index >= 15 is 0 Å². The molecule has 0 radical (unpaired) electrons. The molecule has 12 heteroatoms. The number of aromatic nitrogens is 2. The molecule has 9 nitrogen and oxygen atoms in total. The minimum Gasteiger partial charge on any atom is -0.494 e. The number of halogens is 3. The zero-order valence-electron chi connectivity index (χ0n) is 24.4. The summed E-state index contributed by atoms with van der Waals surface area (Å²) < 4.78 is 47.3. The van der Waals surface area contributed by atoms with Gasteiger partial charge >= 0.3 is 6.18 Å². The topological polar surface area (TPSA) is 94.7 Å². The third kappa shape index (κ3) is 5.80. The van der Waals surface area contributed by atoms with Crippen LogP contribution in [0.2, 0.25) is 0 Å². The predicted molar refractivity (Wildman–Crippen MR) is 158 cm³/mol. The third-order valence-electron chi connectivity index (χ3n) is 8.12. The summed E-state index contributed by atoms with van der Waals surface area (Å²) in [6.07, 6.45) is -1.80. The summed E-state index contributed by atoms with van der Waals surface area (Å²) in [4.78, 5) is 25.2. The highest BCUT2D eigenvalue weighted by Gasteiger charge is 2.40. The molecule has 42 heavy (non-hydrogen) atoms. The van der Waals surface area contributed by atoms with Gasteiger partial charge in [0.25, 0.3) is 0 Å². The zero-order chi connectivity index (χ0) is 30.2. The number of rotatable bonds is 8. The summed E-state index contributed by atoms with van der Waals surface area (Å²) in [5, 5.41) is 8.71. The Labute approximate surface area is 243 Å². The maximum absolute atomic E-state index is 13.9. The van der Waals surface area contributed by atoms with E-state index in [1.54, 1.807) is 39.2 Å². The summed E-state index contributed by atoms with van der Waals surface area (Å²) in [5.41, 5.74) is 1.84. The summed E-state index contributed by atoms with van der Waals surface area (Å²) in [7, 11) is 5.74. The van der Waals surface area contributed by atoms with Gasteiger partial charge in [-0.1, -0.05) is 12.1 Å². The molecular formula is C30H36F3N7O2. The SMILES string of the molecule is COc1cc(N2CCC(N(C)C)CC2)ccc1Nc1ncc(C(F)(F)F)c(NCc2cccc3c2C(C)(C)C(=O)N3)n1. The van der Waals surface area contributed by atoms with Crippen molar-refractivity contribution >= 4 is 34.7 Å². The summed E-state index contributed by atoms with van der Waals surface area (Å²) in [5.74, 6) is -0.0159. The first kappa shape index (κ1) is 29.4. The molecular weight excluding hydrogens is 547 g/mol. The lowest BCUT2D eigenvalue weighted by Crippen LogP contribution is -2.41. The molecule has 0 atom stereocenters. The Morgan fingerprint density at radius 3 is 2.57 bits per heavy atom. The van der Waals surface area contributed by atoms with Crippen LogP contribution in [-0.4, -0.2) is 61.1 Å². The monoisotopic (exact) mass is 583 g/mol. The normalized spacial score (nSPS) is 16.8. The molecule has 224 valence electrons. The van der Waals surface area contributed by atoms with Crippen molar-refractivity contribution in [3.63, 3.8) is 0 Å². The number of fused-ring (bicyclic) bond motifs is 1. The molecule has 0 bridgehead atoms. The van der Waals surface area contributed by atoms with Crippen LogP contribution in [0.3, 0.4) is 0 Å². The molecule has 5 rings (SSSR count). The lowest BCUT2D eigenvalue weighted by molar-refractivity contribution is -0.137. The Kier molecular flexibility index (Phi) is 7.93. The lowest BCUT2D eigenvalue weighted by atomic mass is 9.83. The Morgan fingerprint density at radius 2 is 1.90 bits per heavy atom. The largest absolute Gasteiger partial charge is 0.494 e. The van der Waals surface area contributed by atoms with E-state index in [-0.39, 0.29) is 24.2 Å². The first-order valence-corrected chi connectivity index (χ1v) is 13.9. The van der Waals surface area contributed by atoms with Gasteiger partial charge in [0, 0.05) is 49.3 Å². The van der Waals surface area contributed by atoms with Gasteiger partial charge in [0.2, 0.25) is 11.9 Å². The van der Waals surface area contributed by atoms with Crippen molar-refractivity contribution in [2.75, 3.05) is 55.1 Å². The van der Waals surface area contributed by atoms with Crippen LogP contribution in [0, 0.1) is 0 Å². The number of amides is 1. The first-order chi connectivity index (χ1) is 19.9. The highest BCUT2D eigenvalue weighted by molar-refractivity contribution is 6.06. The van der Waals surface area contributed by atoms with Gasteiger partial charge in [0.05, 0.1) is 18.2 Å². The second-order valence-electron chi connectivity index (χ2n) is 11.4. The molecule has 1 saturated heterocycles. The maximum atomic E-state index is 13.9. The fourth-order valence-electron chi connectivity index (χ4n) is 5.69. The number of alkyl halides is 3. The molecule has 3 aromatic rings. The number of nitrogens with zero attached hydrogens (tertiary/aromatic N) is 4.